The molecule has 0 fully saturated rings. The second-order valence-corrected chi connectivity index (χ2v) is 4.50. The van der Waals surface area contributed by atoms with Gasteiger partial charge in [0.05, 0.1) is 14.2 Å². The minimum absolute atomic E-state index is 0.109. The lowest BCUT2D eigenvalue weighted by atomic mass is 10.0. The average Bonchev–Trinajstić information content (AvgIpc) is 2.46. The van der Waals surface area contributed by atoms with Crippen molar-refractivity contribution in [2.24, 2.45) is 0 Å². The monoisotopic (exact) mass is 292 g/mol. The highest BCUT2D eigenvalue weighted by Crippen LogP contribution is 2.35. The van der Waals surface area contributed by atoms with Gasteiger partial charge >= 0.3 is 5.97 Å². The molecule has 0 saturated carbocycles. The van der Waals surface area contributed by atoms with Crippen molar-refractivity contribution in [1.82, 2.24) is 0 Å². The summed E-state index contributed by atoms with van der Waals surface area (Å²) in [4.78, 5) is 11.1. The molecule has 0 spiro atoms. The zero-order valence-electron chi connectivity index (χ0n) is 11.0. The van der Waals surface area contributed by atoms with E-state index >= 15 is 0 Å². The highest BCUT2D eigenvalue weighted by molar-refractivity contribution is 6.31. The minimum atomic E-state index is -1.04. The van der Waals surface area contributed by atoms with Crippen LogP contribution in [0.1, 0.15) is 10.4 Å². The van der Waals surface area contributed by atoms with Gasteiger partial charge in [0.2, 0.25) is 0 Å². The van der Waals surface area contributed by atoms with Gasteiger partial charge < -0.3 is 14.6 Å². The van der Waals surface area contributed by atoms with E-state index in [1.165, 1.54) is 13.2 Å². The van der Waals surface area contributed by atoms with E-state index in [4.69, 9.17) is 26.2 Å². The number of halogens is 1. The maximum absolute atomic E-state index is 11.1. The molecule has 0 heterocycles. The molecule has 4 nitrogen and oxygen atoms in total. The zero-order chi connectivity index (χ0) is 14.7. The standard InChI is InChI=1S/C15H13ClO4/c1-19-13-6-4-10(16)8-12(13)9-3-5-11(15(17)18)14(7-9)20-2/h3-8H,1-2H3,(H,17,18). The predicted molar refractivity (Wildman–Crippen MR) is 77.0 cm³/mol. The fourth-order valence-electron chi connectivity index (χ4n) is 1.94. The van der Waals surface area contributed by atoms with Gasteiger partial charge in [0.1, 0.15) is 17.1 Å². The van der Waals surface area contributed by atoms with Crippen molar-refractivity contribution in [2.45, 2.75) is 0 Å². The number of carbonyl (C=O) groups is 1. The smallest absolute Gasteiger partial charge is 0.339 e. The van der Waals surface area contributed by atoms with Gasteiger partial charge in [0, 0.05) is 10.6 Å². The molecule has 0 unspecified atom stereocenters. The molecule has 2 aromatic rings. The molecule has 0 aliphatic heterocycles. The molecule has 0 amide bonds. The lowest BCUT2D eigenvalue weighted by Gasteiger charge is -2.11. The minimum Gasteiger partial charge on any atom is -0.496 e. The number of ether oxygens (including phenoxy) is 2. The maximum atomic E-state index is 11.1. The summed E-state index contributed by atoms with van der Waals surface area (Å²) in [5, 5.41) is 9.65. The molecule has 5 heteroatoms. The fourth-order valence-corrected chi connectivity index (χ4v) is 2.11. The van der Waals surface area contributed by atoms with Gasteiger partial charge in [0.15, 0.2) is 0 Å². The first-order chi connectivity index (χ1) is 9.56. The molecule has 2 aromatic carbocycles. The first-order valence-electron chi connectivity index (χ1n) is 5.82. The van der Waals surface area contributed by atoms with E-state index in [1.54, 1.807) is 37.4 Å². The Bertz CT molecular complexity index is 652. The molecule has 0 aromatic heterocycles. The van der Waals surface area contributed by atoms with Crippen molar-refractivity contribution in [3.8, 4) is 22.6 Å². The molecular formula is C15H13ClO4. The van der Waals surface area contributed by atoms with Crippen molar-refractivity contribution >= 4 is 17.6 Å². The Labute approximate surface area is 121 Å². The molecule has 1 N–H and O–H groups in total. The van der Waals surface area contributed by atoms with Crippen LogP contribution in [-0.4, -0.2) is 25.3 Å². The highest BCUT2D eigenvalue weighted by Gasteiger charge is 2.14. The molecule has 0 saturated heterocycles. The predicted octanol–water partition coefficient (Wildman–Crippen LogP) is 3.72. The number of rotatable bonds is 4. The van der Waals surface area contributed by atoms with Gasteiger partial charge in [-0.3, -0.25) is 0 Å². The van der Waals surface area contributed by atoms with Crippen LogP contribution in [0.15, 0.2) is 36.4 Å². The van der Waals surface area contributed by atoms with E-state index in [-0.39, 0.29) is 11.3 Å². The van der Waals surface area contributed by atoms with Crippen LogP contribution in [0, 0.1) is 0 Å². The summed E-state index contributed by atoms with van der Waals surface area (Å²) in [6.45, 7) is 0. The molecular weight excluding hydrogens is 280 g/mol. The maximum Gasteiger partial charge on any atom is 0.339 e. The van der Waals surface area contributed by atoms with Crippen molar-refractivity contribution < 1.29 is 19.4 Å². The first-order valence-corrected chi connectivity index (χ1v) is 6.20. The number of methoxy groups -OCH3 is 2. The van der Waals surface area contributed by atoms with Gasteiger partial charge in [-0.15, -0.1) is 0 Å². The summed E-state index contributed by atoms with van der Waals surface area (Å²) in [6.07, 6.45) is 0. The molecule has 2 rings (SSSR count). The summed E-state index contributed by atoms with van der Waals surface area (Å²) in [6, 6.07) is 10.1. The van der Waals surface area contributed by atoms with Crippen molar-refractivity contribution in [1.29, 1.82) is 0 Å². The number of benzene rings is 2. The van der Waals surface area contributed by atoms with E-state index in [2.05, 4.69) is 0 Å². The highest BCUT2D eigenvalue weighted by atomic mass is 35.5. The Morgan fingerprint density at radius 3 is 2.35 bits per heavy atom. The van der Waals surface area contributed by atoms with Crippen LogP contribution in [0.3, 0.4) is 0 Å². The van der Waals surface area contributed by atoms with Crippen molar-refractivity contribution in [2.75, 3.05) is 14.2 Å². The number of aromatic carboxylic acids is 1. The third-order valence-electron chi connectivity index (χ3n) is 2.90. The first kappa shape index (κ1) is 14.2. The van der Waals surface area contributed by atoms with E-state index in [9.17, 15) is 4.79 Å². The second-order valence-electron chi connectivity index (χ2n) is 4.06. The van der Waals surface area contributed by atoms with Gasteiger partial charge in [-0.25, -0.2) is 4.79 Å². The third kappa shape index (κ3) is 2.70. The number of hydrogen-bond acceptors (Lipinski definition) is 3. The Balaban J connectivity index is 2.59. The van der Waals surface area contributed by atoms with Crippen LogP contribution in [0.5, 0.6) is 11.5 Å². The van der Waals surface area contributed by atoms with Crippen LogP contribution < -0.4 is 9.47 Å². The average molecular weight is 293 g/mol. The topological polar surface area (TPSA) is 55.8 Å². The van der Waals surface area contributed by atoms with Crippen LogP contribution in [-0.2, 0) is 0 Å². The quantitative estimate of drug-likeness (QED) is 0.933. The summed E-state index contributed by atoms with van der Waals surface area (Å²) < 4.78 is 10.4. The zero-order valence-corrected chi connectivity index (χ0v) is 11.8. The lowest BCUT2D eigenvalue weighted by molar-refractivity contribution is 0.0693. The van der Waals surface area contributed by atoms with E-state index < -0.39 is 5.97 Å². The van der Waals surface area contributed by atoms with E-state index in [1.807, 2.05) is 0 Å². The Hall–Kier alpha value is -2.20. The van der Waals surface area contributed by atoms with Gasteiger partial charge in [-0.1, -0.05) is 17.7 Å². The molecule has 20 heavy (non-hydrogen) atoms. The largest absolute Gasteiger partial charge is 0.496 e. The molecule has 0 radical (unpaired) electrons. The number of carboxylic acid groups (broad SMARTS) is 1. The Morgan fingerprint density at radius 2 is 1.75 bits per heavy atom. The van der Waals surface area contributed by atoms with Gasteiger partial charge in [-0.05, 0) is 35.9 Å². The second kappa shape index (κ2) is 5.84. The summed E-state index contributed by atoms with van der Waals surface area (Å²) in [5.74, 6) is -0.0944. The SMILES string of the molecule is COc1cc(-c2cc(Cl)ccc2OC)ccc1C(=O)O. The Morgan fingerprint density at radius 1 is 1.05 bits per heavy atom. The molecule has 0 aliphatic carbocycles. The molecule has 104 valence electrons. The van der Waals surface area contributed by atoms with Crippen LogP contribution in [0.2, 0.25) is 5.02 Å². The van der Waals surface area contributed by atoms with E-state index in [0.717, 1.165) is 11.1 Å². The van der Waals surface area contributed by atoms with Crippen molar-refractivity contribution in [3.05, 3.63) is 47.0 Å². The van der Waals surface area contributed by atoms with Gasteiger partial charge in [-0.2, -0.15) is 0 Å². The molecule has 0 bridgehead atoms. The van der Waals surface area contributed by atoms with Crippen LogP contribution in [0.25, 0.3) is 11.1 Å². The van der Waals surface area contributed by atoms with Crippen molar-refractivity contribution in [3.63, 3.8) is 0 Å². The van der Waals surface area contributed by atoms with E-state index in [0.29, 0.717) is 10.8 Å². The lowest BCUT2D eigenvalue weighted by Crippen LogP contribution is -2.00. The molecule has 0 atom stereocenters. The molecule has 0 aliphatic rings. The van der Waals surface area contributed by atoms with Gasteiger partial charge in [0.25, 0.3) is 0 Å². The number of carboxylic acids is 1. The summed E-state index contributed by atoms with van der Waals surface area (Å²) >= 11 is 6.00. The normalized spacial score (nSPS) is 10.2. The fraction of sp³-hybridized carbons (Fsp3) is 0.133. The Kier molecular flexibility index (Phi) is 4.15. The third-order valence-corrected chi connectivity index (χ3v) is 3.14. The van der Waals surface area contributed by atoms with Crippen LogP contribution in [0.4, 0.5) is 0 Å². The summed E-state index contributed by atoms with van der Waals surface area (Å²) in [7, 11) is 3.00. The number of hydrogen-bond donors (Lipinski definition) is 1. The van der Waals surface area contributed by atoms with Crippen LogP contribution >= 0.6 is 11.6 Å². The summed E-state index contributed by atoms with van der Waals surface area (Å²) in [5.41, 5.74) is 1.65.